The van der Waals surface area contributed by atoms with Crippen LogP contribution in [0, 0.1) is 19.7 Å². The van der Waals surface area contributed by atoms with E-state index in [4.69, 9.17) is 4.42 Å². The van der Waals surface area contributed by atoms with Gasteiger partial charge in [-0.2, -0.15) is 0 Å². The molecule has 0 fully saturated rings. The van der Waals surface area contributed by atoms with E-state index in [9.17, 15) is 9.18 Å². The highest BCUT2D eigenvalue weighted by Crippen LogP contribution is 2.27. The standard InChI is InChI=1S/C23H21FN2O2/c1-15-16(2)26(14-18-6-3-4-8-21(18)24)22-10-9-17(12-20(15)22)23(27)25-13-19-7-5-11-28-19/h3-12H,13-14H2,1-2H3,(H,25,27). The first-order valence-corrected chi connectivity index (χ1v) is 9.18. The van der Waals surface area contributed by atoms with E-state index < -0.39 is 0 Å². The summed E-state index contributed by atoms with van der Waals surface area (Å²) in [5.41, 5.74) is 4.37. The molecule has 0 saturated heterocycles. The molecule has 4 rings (SSSR count). The SMILES string of the molecule is Cc1c(C)n(Cc2ccccc2F)c2ccc(C(=O)NCc3ccco3)cc12. The van der Waals surface area contributed by atoms with Gasteiger partial charge in [0.05, 0.1) is 19.4 Å². The summed E-state index contributed by atoms with van der Waals surface area (Å²) >= 11 is 0. The van der Waals surface area contributed by atoms with Crippen LogP contribution in [0.15, 0.2) is 65.3 Å². The van der Waals surface area contributed by atoms with Gasteiger partial charge in [0.1, 0.15) is 11.6 Å². The number of nitrogens with zero attached hydrogens (tertiary/aromatic N) is 1. The van der Waals surface area contributed by atoms with Crippen LogP contribution < -0.4 is 5.32 Å². The Morgan fingerprint density at radius 1 is 1.11 bits per heavy atom. The van der Waals surface area contributed by atoms with Crippen LogP contribution in [-0.2, 0) is 13.1 Å². The van der Waals surface area contributed by atoms with Crippen molar-refractivity contribution in [3.63, 3.8) is 0 Å². The maximum Gasteiger partial charge on any atom is 0.251 e. The zero-order valence-corrected chi connectivity index (χ0v) is 15.8. The zero-order valence-electron chi connectivity index (χ0n) is 15.8. The number of furan rings is 1. The highest BCUT2D eigenvalue weighted by Gasteiger charge is 2.15. The van der Waals surface area contributed by atoms with Crippen LogP contribution in [-0.4, -0.2) is 10.5 Å². The Bertz CT molecular complexity index is 1140. The predicted molar refractivity (Wildman–Crippen MR) is 107 cm³/mol. The molecule has 1 N–H and O–H groups in total. The first-order chi connectivity index (χ1) is 13.5. The predicted octanol–water partition coefficient (Wildman–Crippen LogP) is 4.97. The van der Waals surface area contributed by atoms with Crippen LogP contribution >= 0.6 is 0 Å². The normalized spacial score (nSPS) is 11.1. The lowest BCUT2D eigenvalue weighted by Gasteiger charge is -2.10. The number of fused-ring (bicyclic) bond motifs is 1. The third-order valence-electron chi connectivity index (χ3n) is 5.19. The number of nitrogens with one attached hydrogen (secondary N) is 1. The fourth-order valence-corrected chi connectivity index (χ4v) is 3.47. The maximum atomic E-state index is 14.1. The summed E-state index contributed by atoms with van der Waals surface area (Å²) in [6.07, 6.45) is 1.58. The molecule has 4 nitrogen and oxygen atoms in total. The molecule has 142 valence electrons. The first-order valence-electron chi connectivity index (χ1n) is 9.18. The van der Waals surface area contributed by atoms with E-state index in [-0.39, 0.29) is 11.7 Å². The molecule has 0 radical (unpaired) electrons. The molecule has 28 heavy (non-hydrogen) atoms. The third-order valence-corrected chi connectivity index (χ3v) is 5.19. The summed E-state index contributed by atoms with van der Waals surface area (Å²) in [5.74, 6) is 0.338. The van der Waals surface area contributed by atoms with Crippen LogP contribution in [0.1, 0.15) is 32.9 Å². The largest absolute Gasteiger partial charge is 0.467 e. The van der Waals surface area contributed by atoms with Crippen molar-refractivity contribution < 1.29 is 13.6 Å². The fourth-order valence-electron chi connectivity index (χ4n) is 3.47. The van der Waals surface area contributed by atoms with Crippen LogP contribution in [0.4, 0.5) is 4.39 Å². The molecule has 4 aromatic rings. The van der Waals surface area contributed by atoms with E-state index in [1.165, 1.54) is 6.07 Å². The molecule has 0 aliphatic carbocycles. The topological polar surface area (TPSA) is 47.2 Å². The van der Waals surface area contributed by atoms with Gasteiger partial charge in [0.25, 0.3) is 5.91 Å². The summed E-state index contributed by atoms with van der Waals surface area (Å²) < 4.78 is 21.4. The Labute approximate surface area is 162 Å². The van der Waals surface area contributed by atoms with Crippen molar-refractivity contribution in [3.8, 4) is 0 Å². The number of aryl methyl sites for hydroxylation is 1. The van der Waals surface area contributed by atoms with Gasteiger partial charge >= 0.3 is 0 Å². The van der Waals surface area contributed by atoms with Crippen molar-refractivity contribution in [2.75, 3.05) is 0 Å². The van der Waals surface area contributed by atoms with E-state index in [0.717, 1.165) is 22.2 Å². The van der Waals surface area contributed by atoms with Gasteiger partial charge < -0.3 is 14.3 Å². The van der Waals surface area contributed by atoms with Gasteiger partial charge in [-0.05, 0) is 55.8 Å². The minimum atomic E-state index is -0.213. The average Bonchev–Trinajstić information content (AvgIpc) is 3.30. The second-order valence-electron chi connectivity index (χ2n) is 6.88. The van der Waals surface area contributed by atoms with E-state index >= 15 is 0 Å². The van der Waals surface area contributed by atoms with E-state index in [1.807, 2.05) is 38.1 Å². The van der Waals surface area contributed by atoms with Gasteiger partial charge in [0.15, 0.2) is 0 Å². The highest BCUT2D eigenvalue weighted by molar-refractivity contribution is 5.99. The molecule has 0 aliphatic heterocycles. The number of hydrogen-bond donors (Lipinski definition) is 1. The number of hydrogen-bond acceptors (Lipinski definition) is 2. The molecular formula is C23H21FN2O2. The quantitative estimate of drug-likeness (QED) is 0.535. The molecule has 0 unspecified atom stereocenters. The molecule has 5 heteroatoms. The van der Waals surface area contributed by atoms with Gasteiger partial charge in [-0.1, -0.05) is 18.2 Å². The second-order valence-corrected chi connectivity index (χ2v) is 6.88. The Morgan fingerprint density at radius 2 is 1.93 bits per heavy atom. The summed E-state index contributed by atoms with van der Waals surface area (Å²) in [7, 11) is 0. The number of amides is 1. The van der Waals surface area contributed by atoms with E-state index in [2.05, 4.69) is 9.88 Å². The molecule has 0 atom stereocenters. The fraction of sp³-hybridized carbons (Fsp3) is 0.174. The number of carbonyl (C=O) groups is 1. The molecule has 0 bridgehead atoms. The Morgan fingerprint density at radius 3 is 2.68 bits per heavy atom. The minimum absolute atomic E-state index is 0.155. The number of benzene rings is 2. The van der Waals surface area contributed by atoms with Crippen molar-refractivity contribution in [1.82, 2.24) is 9.88 Å². The van der Waals surface area contributed by atoms with Crippen LogP contribution in [0.25, 0.3) is 10.9 Å². The summed E-state index contributed by atoms with van der Waals surface area (Å²) in [5, 5.41) is 3.86. The van der Waals surface area contributed by atoms with Crippen molar-refractivity contribution >= 4 is 16.8 Å². The van der Waals surface area contributed by atoms with Crippen molar-refractivity contribution in [2.24, 2.45) is 0 Å². The summed E-state index contributed by atoms with van der Waals surface area (Å²) in [6, 6.07) is 16.0. The van der Waals surface area contributed by atoms with E-state index in [0.29, 0.717) is 30.0 Å². The van der Waals surface area contributed by atoms with Gasteiger partial charge in [0.2, 0.25) is 0 Å². The second kappa shape index (κ2) is 7.35. The smallest absolute Gasteiger partial charge is 0.251 e. The van der Waals surface area contributed by atoms with Crippen molar-refractivity contribution in [1.29, 1.82) is 0 Å². The van der Waals surface area contributed by atoms with Crippen LogP contribution in [0.2, 0.25) is 0 Å². The Balaban J connectivity index is 1.64. The summed E-state index contributed by atoms with van der Waals surface area (Å²) in [4.78, 5) is 12.5. The summed E-state index contributed by atoms with van der Waals surface area (Å²) in [6.45, 7) is 4.84. The molecule has 0 saturated carbocycles. The first kappa shape index (κ1) is 18.0. The van der Waals surface area contributed by atoms with Crippen LogP contribution in [0.3, 0.4) is 0 Å². The lowest BCUT2D eigenvalue weighted by atomic mass is 10.1. The molecule has 0 spiro atoms. The lowest BCUT2D eigenvalue weighted by molar-refractivity contribution is 0.0948. The Kier molecular flexibility index (Phi) is 4.74. The van der Waals surface area contributed by atoms with Crippen molar-refractivity contribution in [2.45, 2.75) is 26.9 Å². The number of carbonyl (C=O) groups excluding carboxylic acids is 1. The van der Waals surface area contributed by atoms with Gasteiger partial charge in [-0.15, -0.1) is 0 Å². The van der Waals surface area contributed by atoms with Crippen LogP contribution in [0.5, 0.6) is 0 Å². The monoisotopic (exact) mass is 376 g/mol. The number of halogens is 1. The highest BCUT2D eigenvalue weighted by atomic mass is 19.1. The number of aromatic nitrogens is 1. The molecule has 2 aromatic carbocycles. The van der Waals surface area contributed by atoms with Gasteiger partial charge in [-0.3, -0.25) is 4.79 Å². The average molecular weight is 376 g/mol. The maximum absolute atomic E-state index is 14.1. The van der Waals surface area contributed by atoms with Gasteiger partial charge in [-0.25, -0.2) is 4.39 Å². The molecule has 1 amide bonds. The zero-order chi connectivity index (χ0) is 19.7. The third kappa shape index (κ3) is 3.31. The molecular weight excluding hydrogens is 355 g/mol. The Hall–Kier alpha value is -3.34. The molecule has 2 aromatic heterocycles. The van der Waals surface area contributed by atoms with E-state index in [1.54, 1.807) is 30.5 Å². The van der Waals surface area contributed by atoms with Crippen molar-refractivity contribution in [3.05, 3.63) is 94.8 Å². The lowest BCUT2D eigenvalue weighted by Crippen LogP contribution is -2.22. The van der Waals surface area contributed by atoms with Gasteiger partial charge in [0, 0.05) is 27.7 Å². The minimum Gasteiger partial charge on any atom is -0.467 e. The number of rotatable bonds is 5. The molecule has 2 heterocycles. The molecule has 0 aliphatic rings.